The standard InChI is InChI=1S/C15H24N2O3S/c1-11(7-8-18)21-9-3-4-15(19)17-14-6-5-12(20-2)10-13(14)16/h5-6,10-11,18H,3-4,7-9,16H2,1-2H3,(H,17,19). The molecule has 1 aromatic carbocycles. The summed E-state index contributed by atoms with van der Waals surface area (Å²) in [7, 11) is 1.57. The topological polar surface area (TPSA) is 84.6 Å². The number of nitrogen functional groups attached to an aromatic ring is 1. The lowest BCUT2D eigenvalue weighted by Gasteiger charge is -2.11. The molecule has 0 aliphatic rings. The van der Waals surface area contributed by atoms with Gasteiger partial charge in [-0.2, -0.15) is 11.8 Å². The Bertz CT molecular complexity index is 455. The van der Waals surface area contributed by atoms with Crippen LogP contribution in [0.1, 0.15) is 26.2 Å². The van der Waals surface area contributed by atoms with Crippen LogP contribution in [-0.4, -0.2) is 35.7 Å². The molecular weight excluding hydrogens is 288 g/mol. The smallest absolute Gasteiger partial charge is 0.224 e. The van der Waals surface area contributed by atoms with Gasteiger partial charge in [0.25, 0.3) is 0 Å². The predicted octanol–water partition coefficient (Wildman–Crippen LogP) is 2.50. The molecule has 0 heterocycles. The summed E-state index contributed by atoms with van der Waals surface area (Å²) in [5, 5.41) is 12.0. The van der Waals surface area contributed by atoms with Crippen molar-refractivity contribution in [1.82, 2.24) is 0 Å². The molecule has 1 amide bonds. The molecule has 0 spiro atoms. The van der Waals surface area contributed by atoms with Gasteiger partial charge in [0.1, 0.15) is 5.75 Å². The van der Waals surface area contributed by atoms with E-state index in [4.69, 9.17) is 15.6 Å². The first kappa shape index (κ1) is 17.7. The van der Waals surface area contributed by atoms with E-state index in [9.17, 15) is 4.79 Å². The molecule has 0 aliphatic carbocycles. The molecule has 21 heavy (non-hydrogen) atoms. The number of aliphatic hydroxyl groups excluding tert-OH is 1. The first-order chi connectivity index (χ1) is 10.1. The summed E-state index contributed by atoms with van der Waals surface area (Å²) < 4.78 is 5.06. The molecule has 118 valence electrons. The van der Waals surface area contributed by atoms with E-state index in [1.54, 1.807) is 37.1 Å². The fourth-order valence-electron chi connectivity index (χ4n) is 1.78. The highest BCUT2D eigenvalue weighted by Crippen LogP contribution is 2.24. The van der Waals surface area contributed by atoms with Crippen molar-refractivity contribution < 1.29 is 14.6 Å². The maximum absolute atomic E-state index is 11.8. The number of anilines is 2. The van der Waals surface area contributed by atoms with E-state index in [0.717, 1.165) is 18.6 Å². The summed E-state index contributed by atoms with van der Waals surface area (Å²) in [6, 6.07) is 5.19. The van der Waals surface area contributed by atoms with Gasteiger partial charge in [-0.15, -0.1) is 0 Å². The van der Waals surface area contributed by atoms with Crippen molar-refractivity contribution in [2.75, 3.05) is 30.5 Å². The molecule has 0 saturated heterocycles. The Morgan fingerprint density at radius 2 is 2.29 bits per heavy atom. The molecule has 0 fully saturated rings. The van der Waals surface area contributed by atoms with Gasteiger partial charge >= 0.3 is 0 Å². The second kappa shape index (κ2) is 9.52. The first-order valence-corrected chi connectivity index (χ1v) is 8.07. The van der Waals surface area contributed by atoms with E-state index in [1.165, 1.54) is 0 Å². The van der Waals surface area contributed by atoms with Gasteiger partial charge in [0, 0.05) is 24.3 Å². The van der Waals surface area contributed by atoms with E-state index in [-0.39, 0.29) is 12.5 Å². The Morgan fingerprint density at radius 1 is 1.52 bits per heavy atom. The van der Waals surface area contributed by atoms with Crippen LogP contribution < -0.4 is 15.8 Å². The monoisotopic (exact) mass is 312 g/mol. The highest BCUT2D eigenvalue weighted by molar-refractivity contribution is 7.99. The van der Waals surface area contributed by atoms with Crippen molar-refractivity contribution in [3.8, 4) is 5.75 Å². The Hall–Kier alpha value is -1.40. The van der Waals surface area contributed by atoms with E-state index in [1.807, 2.05) is 0 Å². The molecule has 1 rings (SSSR count). The normalized spacial score (nSPS) is 12.0. The molecule has 5 nitrogen and oxygen atoms in total. The van der Waals surface area contributed by atoms with Crippen LogP contribution in [0.15, 0.2) is 18.2 Å². The second-order valence-electron chi connectivity index (χ2n) is 4.80. The minimum Gasteiger partial charge on any atom is -0.497 e. The molecule has 1 aromatic rings. The van der Waals surface area contributed by atoms with E-state index >= 15 is 0 Å². The number of benzene rings is 1. The molecule has 0 aromatic heterocycles. The molecule has 0 saturated carbocycles. The van der Waals surface area contributed by atoms with Gasteiger partial charge in [0.15, 0.2) is 0 Å². The molecule has 4 N–H and O–H groups in total. The van der Waals surface area contributed by atoms with E-state index in [0.29, 0.717) is 28.8 Å². The van der Waals surface area contributed by atoms with Crippen molar-refractivity contribution in [1.29, 1.82) is 0 Å². The quantitative estimate of drug-likeness (QED) is 0.482. The molecule has 1 unspecified atom stereocenters. The Labute approximate surface area is 130 Å². The number of nitrogens with one attached hydrogen (secondary N) is 1. The second-order valence-corrected chi connectivity index (χ2v) is 6.34. The molecule has 0 bridgehead atoms. The minimum atomic E-state index is -0.0396. The average Bonchev–Trinajstić information content (AvgIpc) is 2.46. The van der Waals surface area contributed by atoms with Gasteiger partial charge in [-0.1, -0.05) is 6.92 Å². The number of methoxy groups -OCH3 is 1. The summed E-state index contributed by atoms with van der Waals surface area (Å²) in [5.74, 6) is 1.54. The Balaban J connectivity index is 2.31. The summed E-state index contributed by atoms with van der Waals surface area (Å²) in [4.78, 5) is 11.8. The molecule has 0 aliphatic heterocycles. The number of thioether (sulfide) groups is 1. The Morgan fingerprint density at radius 3 is 2.90 bits per heavy atom. The van der Waals surface area contributed by atoms with Crippen LogP contribution in [0.25, 0.3) is 0 Å². The minimum absolute atomic E-state index is 0.0396. The lowest BCUT2D eigenvalue weighted by molar-refractivity contribution is -0.116. The Kier molecular flexibility index (Phi) is 8.00. The lowest BCUT2D eigenvalue weighted by atomic mass is 10.2. The van der Waals surface area contributed by atoms with Crippen LogP contribution in [0.4, 0.5) is 11.4 Å². The number of hydrogen-bond acceptors (Lipinski definition) is 5. The largest absolute Gasteiger partial charge is 0.497 e. The zero-order valence-electron chi connectivity index (χ0n) is 12.6. The van der Waals surface area contributed by atoms with Gasteiger partial charge in [0.2, 0.25) is 5.91 Å². The van der Waals surface area contributed by atoms with Crippen LogP contribution in [0.2, 0.25) is 0 Å². The van der Waals surface area contributed by atoms with Crippen LogP contribution in [0, 0.1) is 0 Å². The summed E-state index contributed by atoms with van der Waals surface area (Å²) in [6.45, 7) is 2.30. The number of aliphatic hydroxyl groups is 1. The average molecular weight is 312 g/mol. The summed E-state index contributed by atoms with van der Waals surface area (Å²) in [6.07, 6.45) is 2.06. The van der Waals surface area contributed by atoms with Crippen LogP contribution in [0.5, 0.6) is 5.75 Å². The van der Waals surface area contributed by atoms with Crippen molar-refractivity contribution in [3.05, 3.63) is 18.2 Å². The maximum atomic E-state index is 11.8. The van der Waals surface area contributed by atoms with E-state index in [2.05, 4.69) is 12.2 Å². The third kappa shape index (κ3) is 6.73. The first-order valence-electron chi connectivity index (χ1n) is 7.02. The molecule has 0 radical (unpaired) electrons. The number of nitrogens with two attached hydrogens (primary N) is 1. The van der Waals surface area contributed by atoms with Gasteiger partial charge < -0.3 is 20.9 Å². The van der Waals surface area contributed by atoms with Crippen molar-refractivity contribution in [3.63, 3.8) is 0 Å². The molecule has 6 heteroatoms. The number of carbonyl (C=O) groups excluding carboxylic acids is 1. The maximum Gasteiger partial charge on any atom is 0.224 e. The SMILES string of the molecule is COc1ccc(NC(=O)CCCSC(C)CCO)c(N)c1. The number of carbonyl (C=O) groups is 1. The van der Waals surface area contributed by atoms with Gasteiger partial charge in [0.05, 0.1) is 18.5 Å². The van der Waals surface area contributed by atoms with Crippen LogP contribution in [0.3, 0.4) is 0 Å². The summed E-state index contributed by atoms with van der Waals surface area (Å²) in [5.41, 5.74) is 6.96. The van der Waals surface area contributed by atoms with Crippen molar-refractivity contribution >= 4 is 29.0 Å². The van der Waals surface area contributed by atoms with Crippen LogP contribution >= 0.6 is 11.8 Å². The third-order valence-corrected chi connectivity index (χ3v) is 4.35. The zero-order valence-corrected chi connectivity index (χ0v) is 13.4. The number of ether oxygens (including phenoxy) is 1. The fourth-order valence-corrected chi connectivity index (χ4v) is 2.76. The lowest BCUT2D eigenvalue weighted by Crippen LogP contribution is -2.13. The van der Waals surface area contributed by atoms with E-state index < -0.39 is 0 Å². The molecular formula is C15H24N2O3S. The number of hydrogen-bond donors (Lipinski definition) is 3. The highest BCUT2D eigenvalue weighted by Gasteiger charge is 2.07. The van der Waals surface area contributed by atoms with Gasteiger partial charge in [-0.05, 0) is 30.7 Å². The predicted molar refractivity (Wildman–Crippen MR) is 88.9 cm³/mol. The zero-order chi connectivity index (χ0) is 15.7. The fraction of sp³-hybridized carbons (Fsp3) is 0.533. The van der Waals surface area contributed by atoms with Crippen molar-refractivity contribution in [2.24, 2.45) is 0 Å². The molecule has 1 atom stereocenters. The third-order valence-electron chi connectivity index (χ3n) is 3.02. The summed E-state index contributed by atoms with van der Waals surface area (Å²) >= 11 is 1.78. The van der Waals surface area contributed by atoms with Gasteiger partial charge in [-0.25, -0.2) is 0 Å². The highest BCUT2D eigenvalue weighted by atomic mass is 32.2. The van der Waals surface area contributed by atoms with Crippen LogP contribution in [-0.2, 0) is 4.79 Å². The van der Waals surface area contributed by atoms with Gasteiger partial charge in [-0.3, -0.25) is 4.79 Å². The number of amides is 1. The van der Waals surface area contributed by atoms with Crippen molar-refractivity contribution in [2.45, 2.75) is 31.4 Å². The number of rotatable bonds is 9.